The van der Waals surface area contributed by atoms with Gasteiger partial charge in [0, 0.05) is 24.5 Å². The van der Waals surface area contributed by atoms with Gasteiger partial charge in [-0.3, -0.25) is 5.32 Å². The van der Waals surface area contributed by atoms with Crippen molar-refractivity contribution >= 4 is 17.5 Å². The minimum Gasteiger partial charge on any atom is -0.380 e. The Labute approximate surface area is 123 Å². The van der Waals surface area contributed by atoms with E-state index in [9.17, 15) is 4.79 Å². The summed E-state index contributed by atoms with van der Waals surface area (Å²) in [5.41, 5.74) is 2.51. The van der Waals surface area contributed by atoms with Crippen LogP contribution in [0.4, 0.5) is 16.3 Å². The Morgan fingerprint density at radius 2 is 2.10 bits per heavy atom. The van der Waals surface area contributed by atoms with E-state index >= 15 is 0 Å². The van der Waals surface area contributed by atoms with Crippen molar-refractivity contribution in [3.05, 3.63) is 54.2 Å². The van der Waals surface area contributed by atoms with Crippen LogP contribution >= 0.6 is 0 Å². The number of hydrogen-bond donors (Lipinski definition) is 3. The van der Waals surface area contributed by atoms with Crippen LogP contribution in [0, 0.1) is 0 Å². The van der Waals surface area contributed by atoms with E-state index in [1.165, 1.54) is 11.3 Å². The zero-order valence-electron chi connectivity index (χ0n) is 11.7. The third-order valence-corrected chi connectivity index (χ3v) is 3.55. The van der Waals surface area contributed by atoms with Crippen molar-refractivity contribution in [2.75, 3.05) is 17.2 Å². The molecule has 1 aliphatic heterocycles. The molecule has 2 heterocycles. The van der Waals surface area contributed by atoms with Crippen molar-refractivity contribution in [3.8, 4) is 0 Å². The second-order valence-corrected chi connectivity index (χ2v) is 5.09. The van der Waals surface area contributed by atoms with Gasteiger partial charge in [-0.05, 0) is 36.6 Å². The van der Waals surface area contributed by atoms with Crippen LogP contribution in [-0.2, 0) is 6.42 Å². The van der Waals surface area contributed by atoms with E-state index in [0.29, 0.717) is 12.4 Å². The first-order valence-corrected chi connectivity index (χ1v) is 7.11. The molecule has 3 rings (SSSR count). The molecule has 0 saturated carbocycles. The molecule has 0 unspecified atom stereocenters. The summed E-state index contributed by atoms with van der Waals surface area (Å²) >= 11 is 0. The van der Waals surface area contributed by atoms with Gasteiger partial charge in [-0.15, -0.1) is 0 Å². The Morgan fingerprint density at radius 3 is 2.95 bits per heavy atom. The normalized spacial score (nSPS) is 16.5. The number of pyridine rings is 1. The van der Waals surface area contributed by atoms with Gasteiger partial charge in [-0.1, -0.05) is 24.3 Å². The van der Waals surface area contributed by atoms with E-state index in [1.54, 1.807) is 12.3 Å². The number of carbonyl (C=O) groups excluding carboxylic acids is 1. The third kappa shape index (κ3) is 3.51. The number of anilines is 2. The van der Waals surface area contributed by atoms with Gasteiger partial charge in [0.15, 0.2) is 0 Å². The topological polar surface area (TPSA) is 66.1 Å². The Kier molecular flexibility index (Phi) is 4.00. The summed E-state index contributed by atoms with van der Waals surface area (Å²) in [4.78, 5) is 15.9. The first-order valence-electron chi connectivity index (χ1n) is 7.11. The predicted octanol–water partition coefficient (Wildman–Crippen LogP) is 2.63. The monoisotopic (exact) mass is 282 g/mol. The molecular weight excluding hydrogens is 264 g/mol. The molecule has 0 bridgehead atoms. The molecule has 0 saturated heterocycles. The van der Waals surface area contributed by atoms with Crippen molar-refractivity contribution in [1.29, 1.82) is 0 Å². The number of para-hydroxylation sites is 1. The number of rotatable bonds is 3. The number of aryl methyl sites for hydroxylation is 1. The molecule has 0 aliphatic carbocycles. The summed E-state index contributed by atoms with van der Waals surface area (Å²) in [6.07, 6.45) is 3.70. The molecule has 2 amide bonds. The molecular formula is C16H18N4O. The lowest BCUT2D eigenvalue weighted by Crippen LogP contribution is -2.40. The summed E-state index contributed by atoms with van der Waals surface area (Å²) in [5.74, 6) is 0.553. The van der Waals surface area contributed by atoms with E-state index in [0.717, 1.165) is 12.8 Å². The minimum absolute atomic E-state index is 0.227. The fourth-order valence-corrected chi connectivity index (χ4v) is 2.47. The molecule has 1 atom stereocenters. The second kappa shape index (κ2) is 6.26. The molecule has 2 aromatic rings. The van der Waals surface area contributed by atoms with Crippen LogP contribution in [0.5, 0.6) is 0 Å². The second-order valence-electron chi connectivity index (χ2n) is 5.09. The van der Waals surface area contributed by atoms with Crippen molar-refractivity contribution < 1.29 is 4.79 Å². The number of amides is 2. The molecule has 1 aliphatic rings. The Hall–Kier alpha value is -2.56. The number of benzene rings is 1. The standard InChI is InChI=1S/C16H18N4O/c21-16(20-15-7-3-4-10-17-15)18-11-13-9-8-12-5-1-2-6-14(12)19-13/h1-7,10,13,19H,8-9,11H2,(H2,17,18,20,21)/t13-/m1/s1. The van der Waals surface area contributed by atoms with Gasteiger partial charge in [0.2, 0.25) is 0 Å². The Morgan fingerprint density at radius 1 is 1.24 bits per heavy atom. The summed E-state index contributed by atoms with van der Waals surface area (Å²) < 4.78 is 0. The molecule has 1 aromatic heterocycles. The van der Waals surface area contributed by atoms with Crippen LogP contribution in [0.2, 0.25) is 0 Å². The maximum Gasteiger partial charge on any atom is 0.320 e. The molecule has 1 aromatic carbocycles. The number of hydrogen-bond acceptors (Lipinski definition) is 3. The molecule has 0 spiro atoms. The number of carbonyl (C=O) groups is 1. The van der Waals surface area contributed by atoms with E-state index in [4.69, 9.17) is 0 Å². The fourth-order valence-electron chi connectivity index (χ4n) is 2.47. The molecule has 3 N–H and O–H groups in total. The molecule has 0 fully saturated rings. The highest BCUT2D eigenvalue weighted by Crippen LogP contribution is 2.23. The van der Waals surface area contributed by atoms with Crippen molar-refractivity contribution in [1.82, 2.24) is 10.3 Å². The zero-order chi connectivity index (χ0) is 14.5. The van der Waals surface area contributed by atoms with E-state index in [1.807, 2.05) is 18.2 Å². The molecule has 0 radical (unpaired) electrons. The van der Waals surface area contributed by atoms with Gasteiger partial charge in [-0.2, -0.15) is 0 Å². The largest absolute Gasteiger partial charge is 0.380 e. The number of nitrogens with zero attached hydrogens (tertiary/aromatic N) is 1. The third-order valence-electron chi connectivity index (χ3n) is 3.55. The van der Waals surface area contributed by atoms with Crippen molar-refractivity contribution in [2.45, 2.75) is 18.9 Å². The lowest BCUT2D eigenvalue weighted by molar-refractivity contribution is 0.251. The Balaban J connectivity index is 1.49. The fraction of sp³-hybridized carbons (Fsp3) is 0.250. The van der Waals surface area contributed by atoms with Crippen LogP contribution in [0.3, 0.4) is 0 Å². The molecule has 5 nitrogen and oxygen atoms in total. The minimum atomic E-state index is -0.227. The van der Waals surface area contributed by atoms with E-state index in [2.05, 4.69) is 39.1 Å². The summed E-state index contributed by atoms with van der Waals surface area (Å²) in [6.45, 7) is 0.590. The van der Waals surface area contributed by atoms with Crippen LogP contribution < -0.4 is 16.0 Å². The lowest BCUT2D eigenvalue weighted by Gasteiger charge is -2.27. The Bertz CT molecular complexity index is 615. The maximum atomic E-state index is 11.8. The highest BCUT2D eigenvalue weighted by atomic mass is 16.2. The summed E-state index contributed by atoms with van der Waals surface area (Å²) in [6, 6.07) is 13.7. The van der Waals surface area contributed by atoms with Crippen LogP contribution in [-0.4, -0.2) is 23.6 Å². The highest BCUT2D eigenvalue weighted by Gasteiger charge is 2.17. The summed E-state index contributed by atoms with van der Waals surface area (Å²) in [5, 5.41) is 9.05. The van der Waals surface area contributed by atoms with Gasteiger partial charge in [0.05, 0.1) is 0 Å². The number of nitrogens with one attached hydrogen (secondary N) is 3. The number of aromatic nitrogens is 1. The lowest BCUT2D eigenvalue weighted by atomic mass is 9.98. The first kappa shape index (κ1) is 13.4. The predicted molar refractivity (Wildman–Crippen MR) is 83.4 cm³/mol. The van der Waals surface area contributed by atoms with Gasteiger partial charge < -0.3 is 10.6 Å². The SMILES string of the molecule is O=C(NC[C@H]1CCc2ccccc2N1)Nc1ccccn1. The average Bonchev–Trinajstić information content (AvgIpc) is 2.54. The first-order chi connectivity index (χ1) is 10.3. The van der Waals surface area contributed by atoms with E-state index < -0.39 is 0 Å². The van der Waals surface area contributed by atoms with Gasteiger partial charge >= 0.3 is 6.03 Å². The quantitative estimate of drug-likeness (QED) is 0.810. The number of urea groups is 1. The average molecular weight is 282 g/mol. The van der Waals surface area contributed by atoms with Crippen LogP contribution in [0.25, 0.3) is 0 Å². The van der Waals surface area contributed by atoms with Gasteiger partial charge in [0.25, 0.3) is 0 Å². The molecule has 5 heteroatoms. The number of fused-ring (bicyclic) bond motifs is 1. The maximum absolute atomic E-state index is 11.8. The van der Waals surface area contributed by atoms with Gasteiger partial charge in [-0.25, -0.2) is 9.78 Å². The van der Waals surface area contributed by atoms with E-state index in [-0.39, 0.29) is 12.1 Å². The smallest absolute Gasteiger partial charge is 0.320 e. The van der Waals surface area contributed by atoms with Crippen LogP contribution in [0.15, 0.2) is 48.7 Å². The van der Waals surface area contributed by atoms with Gasteiger partial charge in [0.1, 0.15) is 5.82 Å². The van der Waals surface area contributed by atoms with Crippen molar-refractivity contribution in [3.63, 3.8) is 0 Å². The van der Waals surface area contributed by atoms with Crippen LogP contribution in [0.1, 0.15) is 12.0 Å². The molecule has 108 valence electrons. The summed E-state index contributed by atoms with van der Waals surface area (Å²) in [7, 11) is 0. The van der Waals surface area contributed by atoms with Crippen molar-refractivity contribution in [2.24, 2.45) is 0 Å². The highest BCUT2D eigenvalue weighted by molar-refractivity contribution is 5.88. The molecule has 21 heavy (non-hydrogen) atoms. The zero-order valence-corrected chi connectivity index (χ0v) is 11.7.